The van der Waals surface area contributed by atoms with E-state index in [1.807, 2.05) is 26.0 Å². The fraction of sp³-hybridized carbons (Fsp3) is 0.176. The van der Waals surface area contributed by atoms with E-state index < -0.39 is 23.2 Å². The van der Waals surface area contributed by atoms with Gasteiger partial charge in [0.1, 0.15) is 0 Å². The lowest BCUT2D eigenvalue weighted by molar-refractivity contribution is -0.137. The minimum Gasteiger partial charge on any atom is -0.298 e. The maximum absolute atomic E-state index is 13.0. The van der Waals surface area contributed by atoms with Gasteiger partial charge in [-0.15, -0.1) is 0 Å². The number of nitrogens with zero attached hydrogens (tertiary/aromatic N) is 1. The molecule has 3 rings (SSSR count). The van der Waals surface area contributed by atoms with Crippen LogP contribution in [0.25, 0.3) is 10.2 Å². The number of thiazole rings is 1. The van der Waals surface area contributed by atoms with Gasteiger partial charge in [0.2, 0.25) is 0 Å². The molecule has 3 aromatic rings. The minimum absolute atomic E-state index is 0.278. The fourth-order valence-electron chi connectivity index (χ4n) is 2.52. The Hall–Kier alpha value is -2.41. The average Bonchev–Trinajstić information content (AvgIpc) is 2.89. The van der Waals surface area contributed by atoms with E-state index in [1.165, 1.54) is 23.5 Å². The average molecular weight is 350 g/mol. The second-order valence-electron chi connectivity index (χ2n) is 5.45. The number of carbonyl (C=O) groups is 1. The van der Waals surface area contributed by atoms with Gasteiger partial charge in [-0.3, -0.25) is 10.1 Å². The molecule has 1 aromatic heterocycles. The fourth-order valence-corrected chi connectivity index (χ4v) is 3.55. The van der Waals surface area contributed by atoms with Gasteiger partial charge < -0.3 is 0 Å². The van der Waals surface area contributed by atoms with Crippen molar-refractivity contribution in [3.8, 4) is 0 Å². The quantitative estimate of drug-likeness (QED) is 0.691. The molecule has 0 radical (unpaired) electrons. The number of nitrogens with one attached hydrogen (secondary N) is 1. The number of amides is 1. The maximum Gasteiger partial charge on any atom is 0.417 e. The molecule has 0 fully saturated rings. The van der Waals surface area contributed by atoms with Crippen molar-refractivity contribution in [2.75, 3.05) is 5.32 Å². The Morgan fingerprint density at radius 3 is 2.58 bits per heavy atom. The van der Waals surface area contributed by atoms with E-state index in [9.17, 15) is 18.0 Å². The van der Waals surface area contributed by atoms with Crippen LogP contribution in [0.5, 0.6) is 0 Å². The summed E-state index contributed by atoms with van der Waals surface area (Å²) >= 11 is 1.24. The lowest BCUT2D eigenvalue weighted by Crippen LogP contribution is -2.18. The zero-order valence-electron chi connectivity index (χ0n) is 12.9. The molecule has 2 aromatic carbocycles. The molecule has 0 saturated heterocycles. The van der Waals surface area contributed by atoms with Crippen LogP contribution in [0, 0.1) is 13.8 Å². The van der Waals surface area contributed by atoms with E-state index >= 15 is 0 Å². The van der Waals surface area contributed by atoms with Crippen LogP contribution in [-0.4, -0.2) is 10.9 Å². The maximum atomic E-state index is 13.0. The second kappa shape index (κ2) is 5.90. The number of aryl methyl sites for hydroxylation is 2. The van der Waals surface area contributed by atoms with Crippen molar-refractivity contribution < 1.29 is 18.0 Å². The molecule has 0 atom stereocenters. The Morgan fingerprint density at radius 1 is 1.17 bits per heavy atom. The Bertz CT molecular complexity index is 931. The lowest BCUT2D eigenvalue weighted by Gasteiger charge is -2.11. The predicted molar refractivity (Wildman–Crippen MR) is 88.5 cm³/mol. The summed E-state index contributed by atoms with van der Waals surface area (Å²) in [5.41, 5.74) is 1.37. The van der Waals surface area contributed by atoms with Crippen LogP contribution in [0.2, 0.25) is 0 Å². The molecule has 0 saturated carbocycles. The first-order valence-corrected chi connectivity index (χ1v) is 7.93. The highest BCUT2D eigenvalue weighted by Crippen LogP contribution is 2.33. The molecule has 0 bridgehead atoms. The van der Waals surface area contributed by atoms with Crippen LogP contribution < -0.4 is 5.32 Å². The third-order valence-electron chi connectivity index (χ3n) is 3.53. The third kappa shape index (κ3) is 3.12. The highest BCUT2D eigenvalue weighted by atomic mass is 32.1. The van der Waals surface area contributed by atoms with Crippen LogP contribution in [0.4, 0.5) is 18.3 Å². The smallest absolute Gasteiger partial charge is 0.298 e. The van der Waals surface area contributed by atoms with E-state index in [2.05, 4.69) is 10.3 Å². The largest absolute Gasteiger partial charge is 0.417 e. The van der Waals surface area contributed by atoms with Crippen LogP contribution in [0.15, 0.2) is 36.4 Å². The van der Waals surface area contributed by atoms with E-state index in [0.717, 1.165) is 33.5 Å². The monoisotopic (exact) mass is 350 g/mol. The van der Waals surface area contributed by atoms with E-state index in [-0.39, 0.29) is 5.13 Å². The normalized spacial score (nSPS) is 11.7. The van der Waals surface area contributed by atoms with Crippen molar-refractivity contribution in [2.45, 2.75) is 20.0 Å². The number of rotatable bonds is 2. The summed E-state index contributed by atoms with van der Waals surface area (Å²) in [6, 6.07) is 8.59. The number of hydrogen-bond acceptors (Lipinski definition) is 3. The van der Waals surface area contributed by atoms with E-state index in [1.54, 1.807) is 0 Å². The van der Waals surface area contributed by atoms with Gasteiger partial charge in [-0.1, -0.05) is 29.5 Å². The molecule has 1 amide bonds. The number of aromatic nitrogens is 1. The Kier molecular flexibility index (Phi) is 4.04. The van der Waals surface area contributed by atoms with Gasteiger partial charge in [-0.25, -0.2) is 4.98 Å². The molecule has 0 spiro atoms. The predicted octanol–water partition coefficient (Wildman–Crippen LogP) is 5.18. The van der Waals surface area contributed by atoms with Gasteiger partial charge in [0.15, 0.2) is 5.13 Å². The zero-order chi connectivity index (χ0) is 17.5. The van der Waals surface area contributed by atoms with Gasteiger partial charge in [0.05, 0.1) is 21.3 Å². The van der Waals surface area contributed by atoms with Gasteiger partial charge in [0.25, 0.3) is 5.91 Å². The van der Waals surface area contributed by atoms with Crippen LogP contribution >= 0.6 is 11.3 Å². The molecule has 24 heavy (non-hydrogen) atoms. The molecule has 1 N–H and O–H groups in total. The molecule has 7 heteroatoms. The Morgan fingerprint density at radius 2 is 1.88 bits per heavy atom. The second-order valence-corrected chi connectivity index (χ2v) is 6.48. The van der Waals surface area contributed by atoms with Gasteiger partial charge in [-0.05, 0) is 43.2 Å². The molecule has 0 aliphatic heterocycles. The molecule has 0 unspecified atom stereocenters. The third-order valence-corrected chi connectivity index (χ3v) is 4.45. The van der Waals surface area contributed by atoms with Crippen LogP contribution in [0.3, 0.4) is 0 Å². The standard InChI is InChI=1S/C17H13F3N2OS/c1-9-7-10(2)14-13(8-9)24-16(21-14)22-15(23)11-5-3-4-6-12(11)17(18,19)20/h3-8H,1-2H3,(H,21,22,23). The summed E-state index contributed by atoms with van der Waals surface area (Å²) in [6.07, 6.45) is -4.59. The number of carbonyl (C=O) groups excluding carboxylic acids is 1. The molecular weight excluding hydrogens is 337 g/mol. The topological polar surface area (TPSA) is 42.0 Å². The van der Waals surface area contributed by atoms with Gasteiger partial charge in [0, 0.05) is 0 Å². The minimum atomic E-state index is -4.59. The summed E-state index contributed by atoms with van der Waals surface area (Å²) in [7, 11) is 0. The lowest BCUT2D eigenvalue weighted by atomic mass is 10.1. The number of fused-ring (bicyclic) bond motifs is 1. The summed E-state index contributed by atoms with van der Waals surface area (Å²) in [5, 5.41) is 2.75. The van der Waals surface area contributed by atoms with E-state index in [0.29, 0.717) is 0 Å². The highest BCUT2D eigenvalue weighted by molar-refractivity contribution is 7.22. The molecule has 3 nitrogen and oxygen atoms in total. The van der Waals surface area contributed by atoms with Crippen LogP contribution in [0.1, 0.15) is 27.0 Å². The highest BCUT2D eigenvalue weighted by Gasteiger charge is 2.35. The SMILES string of the molecule is Cc1cc(C)c2nc(NC(=O)c3ccccc3C(F)(F)F)sc2c1. The summed E-state index contributed by atoms with van der Waals surface area (Å²) in [6.45, 7) is 3.85. The van der Waals surface area contributed by atoms with Gasteiger partial charge >= 0.3 is 6.18 Å². The molecule has 0 aliphatic carbocycles. The Labute approximate surface area is 140 Å². The van der Waals surface area contributed by atoms with Gasteiger partial charge in [-0.2, -0.15) is 13.2 Å². The first-order chi connectivity index (χ1) is 11.3. The van der Waals surface area contributed by atoms with E-state index in [4.69, 9.17) is 0 Å². The number of hydrogen-bond donors (Lipinski definition) is 1. The number of anilines is 1. The Balaban J connectivity index is 1.95. The molecular formula is C17H13F3N2OS. The van der Waals surface area contributed by atoms with Crippen molar-refractivity contribution in [3.63, 3.8) is 0 Å². The number of benzene rings is 2. The number of halogens is 3. The zero-order valence-corrected chi connectivity index (χ0v) is 13.7. The van der Waals surface area contributed by atoms with Crippen molar-refractivity contribution in [1.82, 2.24) is 4.98 Å². The van der Waals surface area contributed by atoms with Crippen molar-refractivity contribution in [3.05, 3.63) is 58.7 Å². The molecule has 124 valence electrons. The number of alkyl halides is 3. The summed E-state index contributed by atoms with van der Waals surface area (Å²) in [5.74, 6) is -0.823. The molecule has 1 heterocycles. The van der Waals surface area contributed by atoms with Crippen LogP contribution in [-0.2, 0) is 6.18 Å². The van der Waals surface area contributed by atoms with Crippen molar-refractivity contribution in [2.24, 2.45) is 0 Å². The first kappa shape index (κ1) is 16.4. The van der Waals surface area contributed by atoms with Crippen molar-refractivity contribution >= 4 is 32.6 Å². The van der Waals surface area contributed by atoms with Crippen molar-refractivity contribution in [1.29, 1.82) is 0 Å². The summed E-state index contributed by atoms with van der Waals surface area (Å²) < 4.78 is 39.9. The summed E-state index contributed by atoms with van der Waals surface area (Å²) in [4.78, 5) is 16.6. The molecule has 0 aliphatic rings. The first-order valence-electron chi connectivity index (χ1n) is 7.11.